The van der Waals surface area contributed by atoms with Gasteiger partial charge >= 0.3 is 0 Å². The molecule has 0 aliphatic rings. The van der Waals surface area contributed by atoms with Crippen molar-refractivity contribution >= 4 is 60.4 Å². The predicted octanol–water partition coefficient (Wildman–Crippen LogP) is 2.81. The van der Waals surface area contributed by atoms with Gasteiger partial charge in [-0.1, -0.05) is 35.5 Å². The maximum atomic E-state index is 5.83. The molecule has 13 heavy (non-hydrogen) atoms. The minimum absolute atomic E-state index is 0.456. The SMILES string of the molecule is ClC(Cl)[SiH](c1ccccc1)C(Cl)Cl. The molecular weight excluding hydrogens is 266 g/mol. The van der Waals surface area contributed by atoms with Crippen LogP contribution in [0.5, 0.6) is 0 Å². The summed E-state index contributed by atoms with van der Waals surface area (Å²) >= 11 is 23.3. The van der Waals surface area contributed by atoms with Gasteiger partial charge in [0.2, 0.25) is 0 Å². The van der Waals surface area contributed by atoms with Gasteiger partial charge in [-0.25, -0.2) is 0 Å². The summed E-state index contributed by atoms with van der Waals surface area (Å²) in [6.45, 7) is 0. The number of alkyl halides is 4. The summed E-state index contributed by atoms with van der Waals surface area (Å²) in [5, 5.41) is 1.09. The number of hydrogen-bond acceptors (Lipinski definition) is 0. The highest BCUT2D eigenvalue weighted by atomic mass is 35.5. The van der Waals surface area contributed by atoms with E-state index in [2.05, 4.69) is 0 Å². The van der Waals surface area contributed by atoms with Gasteiger partial charge in [-0.2, -0.15) is 0 Å². The molecule has 0 saturated carbocycles. The average Bonchev–Trinajstić information content (AvgIpc) is 2.04. The molecule has 0 aliphatic carbocycles. The molecule has 5 heteroatoms. The van der Waals surface area contributed by atoms with Crippen LogP contribution in [0.2, 0.25) is 0 Å². The third kappa shape index (κ3) is 3.33. The zero-order valence-corrected chi connectivity index (χ0v) is 10.8. The number of halogens is 4. The van der Waals surface area contributed by atoms with Gasteiger partial charge in [0.15, 0.2) is 0 Å². The van der Waals surface area contributed by atoms with E-state index in [1.807, 2.05) is 30.3 Å². The molecule has 0 saturated heterocycles. The van der Waals surface area contributed by atoms with E-state index in [0.717, 1.165) is 5.19 Å². The van der Waals surface area contributed by atoms with Crippen molar-refractivity contribution in [3.8, 4) is 0 Å². The van der Waals surface area contributed by atoms with Crippen molar-refractivity contribution in [3.63, 3.8) is 0 Å². The van der Waals surface area contributed by atoms with E-state index in [1.165, 1.54) is 0 Å². The zero-order chi connectivity index (χ0) is 9.84. The minimum Gasteiger partial charge on any atom is -0.109 e. The molecule has 0 fully saturated rings. The third-order valence-corrected chi connectivity index (χ3v) is 7.23. The first-order valence-electron chi connectivity index (χ1n) is 3.74. The molecule has 0 atom stereocenters. The minimum atomic E-state index is -1.68. The Balaban J connectivity index is 2.89. The summed E-state index contributed by atoms with van der Waals surface area (Å²) in [4.78, 5) is 0. The molecule has 0 amide bonds. The Hall–Kier alpha value is 0.597. The molecule has 1 aromatic carbocycles. The van der Waals surface area contributed by atoms with Gasteiger partial charge in [-0.05, 0) is 0 Å². The molecule has 0 heterocycles. The fraction of sp³-hybridized carbons (Fsp3) is 0.250. The normalized spacial score (nSPS) is 11.6. The van der Waals surface area contributed by atoms with Crippen LogP contribution in [0.4, 0.5) is 0 Å². The standard InChI is InChI=1S/C8H8Cl4Si/c9-7(10)13(8(11)12)6-4-2-1-3-5-6/h1-5,7-8,13H. The molecule has 0 nitrogen and oxygen atoms in total. The Morgan fingerprint density at radius 3 is 1.69 bits per heavy atom. The van der Waals surface area contributed by atoms with Crippen molar-refractivity contribution in [1.29, 1.82) is 0 Å². The van der Waals surface area contributed by atoms with Gasteiger partial charge in [0, 0.05) is 0 Å². The van der Waals surface area contributed by atoms with Gasteiger partial charge in [0.1, 0.15) is 17.7 Å². The zero-order valence-electron chi connectivity index (χ0n) is 6.63. The van der Waals surface area contributed by atoms with Gasteiger partial charge in [-0.15, -0.1) is 46.4 Å². The number of benzene rings is 1. The molecule has 0 spiro atoms. The third-order valence-electron chi connectivity index (χ3n) is 1.73. The lowest BCUT2D eigenvalue weighted by molar-refractivity contribution is 1.63. The lowest BCUT2D eigenvalue weighted by Gasteiger charge is -2.16. The quantitative estimate of drug-likeness (QED) is 0.587. The van der Waals surface area contributed by atoms with E-state index in [0.29, 0.717) is 0 Å². The van der Waals surface area contributed by atoms with Gasteiger partial charge in [0.25, 0.3) is 0 Å². The highest BCUT2D eigenvalue weighted by molar-refractivity contribution is 6.97. The largest absolute Gasteiger partial charge is 0.146 e. The highest BCUT2D eigenvalue weighted by Gasteiger charge is 2.27. The van der Waals surface area contributed by atoms with Crippen LogP contribution >= 0.6 is 46.4 Å². The number of hydrogen-bond donors (Lipinski definition) is 0. The average molecular weight is 274 g/mol. The monoisotopic (exact) mass is 272 g/mol. The summed E-state index contributed by atoms with van der Waals surface area (Å²) in [7, 11) is -1.68. The van der Waals surface area contributed by atoms with Crippen LogP contribution in [0.25, 0.3) is 0 Å². The topological polar surface area (TPSA) is 0 Å². The summed E-state index contributed by atoms with van der Waals surface area (Å²) in [5.74, 6) is 0. The van der Waals surface area contributed by atoms with Crippen molar-refractivity contribution in [2.75, 3.05) is 0 Å². The van der Waals surface area contributed by atoms with E-state index in [4.69, 9.17) is 46.4 Å². The summed E-state index contributed by atoms with van der Waals surface area (Å²) in [5.41, 5.74) is 0. The maximum absolute atomic E-state index is 5.83. The van der Waals surface area contributed by atoms with Crippen LogP contribution in [0, 0.1) is 0 Å². The number of rotatable bonds is 3. The molecule has 0 aliphatic heterocycles. The highest BCUT2D eigenvalue weighted by Crippen LogP contribution is 2.17. The molecule has 0 aromatic heterocycles. The van der Waals surface area contributed by atoms with Crippen LogP contribution < -0.4 is 5.19 Å². The van der Waals surface area contributed by atoms with Gasteiger partial charge in [-0.3, -0.25) is 0 Å². The molecule has 0 unspecified atom stereocenters. The second-order valence-electron chi connectivity index (χ2n) is 2.61. The lowest BCUT2D eigenvalue weighted by Crippen LogP contribution is -2.42. The van der Waals surface area contributed by atoms with Crippen molar-refractivity contribution in [2.24, 2.45) is 0 Å². The van der Waals surface area contributed by atoms with Crippen LogP contribution in [0.15, 0.2) is 30.3 Å². The molecule has 1 aromatic rings. The van der Waals surface area contributed by atoms with E-state index in [9.17, 15) is 0 Å². The van der Waals surface area contributed by atoms with Crippen molar-refractivity contribution < 1.29 is 0 Å². The molecular formula is C8H8Cl4Si. The maximum Gasteiger partial charge on any atom is 0.146 e. The Morgan fingerprint density at radius 2 is 1.31 bits per heavy atom. The van der Waals surface area contributed by atoms with E-state index in [-0.39, 0.29) is 0 Å². The summed E-state index contributed by atoms with van der Waals surface area (Å²) < 4.78 is -0.912. The molecule has 0 radical (unpaired) electrons. The first kappa shape index (κ1) is 11.7. The Kier molecular flexibility index (Phi) is 4.91. The fourth-order valence-electron chi connectivity index (χ4n) is 1.08. The van der Waals surface area contributed by atoms with Crippen molar-refractivity contribution in [2.45, 2.75) is 8.92 Å². The van der Waals surface area contributed by atoms with Crippen LogP contribution in [-0.2, 0) is 0 Å². The Morgan fingerprint density at radius 1 is 0.846 bits per heavy atom. The summed E-state index contributed by atoms with van der Waals surface area (Å²) in [6, 6.07) is 9.73. The van der Waals surface area contributed by atoms with Gasteiger partial charge < -0.3 is 0 Å². The van der Waals surface area contributed by atoms with Gasteiger partial charge in [0.05, 0.1) is 0 Å². The Bertz CT molecular complexity index is 242. The van der Waals surface area contributed by atoms with Crippen LogP contribution in [-0.4, -0.2) is 17.7 Å². The van der Waals surface area contributed by atoms with Crippen molar-refractivity contribution in [1.82, 2.24) is 0 Å². The molecule has 72 valence electrons. The first-order chi connectivity index (χ1) is 6.13. The second kappa shape index (κ2) is 5.47. The molecule has 0 N–H and O–H groups in total. The molecule has 1 rings (SSSR count). The van der Waals surface area contributed by atoms with E-state index in [1.54, 1.807) is 0 Å². The van der Waals surface area contributed by atoms with Crippen molar-refractivity contribution in [3.05, 3.63) is 30.3 Å². The lowest BCUT2D eigenvalue weighted by atomic mass is 10.4. The van der Waals surface area contributed by atoms with E-state index < -0.39 is 17.7 Å². The predicted molar refractivity (Wildman–Crippen MR) is 64.2 cm³/mol. The second-order valence-corrected chi connectivity index (χ2v) is 9.67. The Labute approximate surface area is 99.4 Å². The van der Waals surface area contributed by atoms with Crippen LogP contribution in [0.3, 0.4) is 0 Å². The first-order valence-corrected chi connectivity index (χ1v) is 7.40. The smallest absolute Gasteiger partial charge is 0.109 e. The van der Waals surface area contributed by atoms with E-state index >= 15 is 0 Å². The molecule has 0 bridgehead atoms. The fourth-order valence-corrected chi connectivity index (χ4v) is 6.93. The summed E-state index contributed by atoms with van der Waals surface area (Å²) in [6.07, 6.45) is 0. The van der Waals surface area contributed by atoms with Crippen LogP contribution in [0.1, 0.15) is 0 Å².